The van der Waals surface area contributed by atoms with E-state index in [0.29, 0.717) is 12.5 Å². The predicted octanol–water partition coefficient (Wildman–Crippen LogP) is 3.62. The van der Waals surface area contributed by atoms with Gasteiger partial charge in [0.15, 0.2) is 5.82 Å². The molecular formula is C22H23FN6O. The van der Waals surface area contributed by atoms with Crippen molar-refractivity contribution in [3.8, 4) is 5.75 Å². The number of hydrogen-bond acceptors (Lipinski definition) is 7. The van der Waals surface area contributed by atoms with Crippen molar-refractivity contribution in [3.63, 3.8) is 0 Å². The Morgan fingerprint density at radius 2 is 2.03 bits per heavy atom. The Morgan fingerprint density at radius 3 is 2.83 bits per heavy atom. The molecule has 3 N–H and O–H groups in total. The number of aromatic nitrogens is 2. The first kappa shape index (κ1) is 18.6. The highest BCUT2D eigenvalue weighted by molar-refractivity contribution is 5.67. The van der Waals surface area contributed by atoms with Crippen LogP contribution in [0.3, 0.4) is 0 Å². The number of anilines is 3. The predicted molar refractivity (Wildman–Crippen MR) is 114 cm³/mol. The van der Waals surface area contributed by atoms with Gasteiger partial charge in [-0.25, -0.2) is 9.82 Å². The Morgan fingerprint density at radius 1 is 1.17 bits per heavy atom. The van der Waals surface area contributed by atoms with Gasteiger partial charge in [0.05, 0.1) is 18.7 Å². The Labute approximate surface area is 174 Å². The van der Waals surface area contributed by atoms with Gasteiger partial charge in [0, 0.05) is 19.6 Å². The largest absolute Gasteiger partial charge is 0.497 e. The normalized spacial score (nSPS) is 16.7. The molecule has 0 saturated carbocycles. The number of benzene rings is 2. The Hall–Kier alpha value is -3.39. The number of halogens is 1. The molecule has 3 aromatic rings. The van der Waals surface area contributed by atoms with E-state index in [2.05, 4.69) is 38.2 Å². The molecule has 0 amide bonds. The van der Waals surface area contributed by atoms with Crippen LogP contribution in [0.2, 0.25) is 0 Å². The van der Waals surface area contributed by atoms with E-state index in [1.807, 2.05) is 18.2 Å². The van der Waals surface area contributed by atoms with Crippen molar-refractivity contribution in [3.05, 3.63) is 71.0 Å². The summed E-state index contributed by atoms with van der Waals surface area (Å²) in [4.78, 5) is 11.7. The summed E-state index contributed by atoms with van der Waals surface area (Å²) in [5.41, 5.74) is 9.62. The van der Waals surface area contributed by atoms with E-state index in [9.17, 15) is 4.39 Å². The number of ether oxygens (including phenoxy) is 1. The van der Waals surface area contributed by atoms with E-state index in [4.69, 9.17) is 9.72 Å². The average molecular weight is 406 g/mol. The average Bonchev–Trinajstić information content (AvgIpc) is 3.19. The van der Waals surface area contributed by atoms with Crippen molar-refractivity contribution in [2.45, 2.75) is 25.6 Å². The maximum atomic E-state index is 13.5. The van der Waals surface area contributed by atoms with Crippen molar-refractivity contribution in [2.24, 2.45) is 0 Å². The summed E-state index contributed by atoms with van der Waals surface area (Å²) in [6.07, 6.45) is 0.975. The third-order valence-electron chi connectivity index (χ3n) is 5.50. The van der Waals surface area contributed by atoms with Crippen molar-refractivity contribution in [2.75, 3.05) is 29.3 Å². The first-order chi connectivity index (χ1) is 14.7. The topological polar surface area (TPSA) is 74.3 Å². The molecule has 2 aromatic carbocycles. The highest BCUT2D eigenvalue weighted by Crippen LogP contribution is 2.41. The van der Waals surface area contributed by atoms with Crippen LogP contribution in [0.25, 0.3) is 0 Å². The molecule has 0 saturated heterocycles. The Bertz CT molecular complexity index is 1060. The summed E-state index contributed by atoms with van der Waals surface area (Å²) < 4.78 is 18.7. The molecule has 7 nitrogen and oxygen atoms in total. The van der Waals surface area contributed by atoms with Gasteiger partial charge < -0.3 is 20.4 Å². The molecule has 3 heterocycles. The SMILES string of the molecule is COc1ccc(CN2CCC3NNc4nc(NCc5cccc(F)c5)nc2c43)cc1. The summed E-state index contributed by atoms with van der Waals surface area (Å²) in [5, 5.41) is 3.23. The summed E-state index contributed by atoms with van der Waals surface area (Å²) >= 11 is 0. The number of hydrogen-bond donors (Lipinski definition) is 3. The van der Waals surface area contributed by atoms with E-state index < -0.39 is 0 Å². The van der Waals surface area contributed by atoms with Crippen LogP contribution < -0.4 is 25.8 Å². The maximum Gasteiger partial charge on any atom is 0.226 e. The lowest BCUT2D eigenvalue weighted by atomic mass is 10.0. The standard InChI is InChI=1S/C22H23FN6O/c1-30-17-7-5-14(6-8-17)13-29-10-9-18-19-20(28-27-18)25-22(26-21(19)29)24-12-15-3-2-4-16(23)11-15/h2-8,11,18,27H,9-10,12-13H2,1H3,(H2,24,25,26,28). The molecular weight excluding hydrogens is 383 g/mol. The number of nitrogens with one attached hydrogen (secondary N) is 3. The van der Waals surface area contributed by atoms with Gasteiger partial charge in [-0.1, -0.05) is 24.3 Å². The lowest BCUT2D eigenvalue weighted by Crippen LogP contribution is -2.34. The fourth-order valence-corrected chi connectivity index (χ4v) is 3.96. The van der Waals surface area contributed by atoms with E-state index >= 15 is 0 Å². The minimum Gasteiger partial charge on any atom is -0.497 e. The van der Waals surface area contributed by atoms with Gasteiger partial charge in [-0.2, -0.15) is 9.97 Å². The van der Waals surface area contributed by atoms with Crippen molar-refractivity contribution in [1.29, 1.82) is 0 Å². The molecule has 2 aliphatic rings. The molecule has 0 radical (unpaired) electrons. The molecule has 0 spiro atoms. The van der Waals surface area contributed by atoms with E-state index in [1.165, 1.54) is 17.7 Å². The van der Waals surface area contributed by atoms with E-state index in [-0.39, 0.29) is 11.9 Å². The van der Waals surface area contributed by atoms with Gasteiger partial charge >= 0.3 is 0 Å². The van der Waals surface area contributed by atoms with Crippen LogP contribution in [0.1, 0.15) is 29.2 Å². The van der Waals surface area contributed by atoms with Crippen LogP contribution in [-0.4, -0.2) is 23.6 Å². The van der Waals surface area contributed by atoms with Crippen LogP contribution in [0.15, 0.2) is 48.5 Å². The second kappa shape index (κ2) is 7.79. The first-order valence-electron chi connectivity index (χ1n) is 9.99. The minimum atomic E-state index is -0.251. The van der Waals surface area contributed by atoms with Gasteiger partial charge in [-0.05, 0) is 41.8 Å². The fourth-order valence-electron chi connectivity index (χ4n) is 3.96. The highest BCUT2D eigenvalue weighted by Gasteiger charge is 2.34. The molecule has 1 atom stereocenters. The zero-order chi connectivity index (χ0) is 20.5. The van der Waals surface area contributed by atoms with Gasteiger partial charge in [0.2, 0.25) is 5.95 Å². The van der Waals surface area contributed by atoms with Crippen LogP contribution in [0, 0.1) is 5.82 Å². The Balaban J connectivity index is 1.40. The molecule has 2 aliphatic heterocycles. The maximum absolute atomic E-state index is 13.5. The number of methoxy groups -OCH3 is 1. The molecule has 5 rings (SSSR count). The number of hydrazine groups is 1. The van der Waals surface area contributed by atoms with Crippen molar-refractivity contribution in [1.82, 2.24) is 15.4 Å². The molecule has 8 heteroatoms. The van der Waals surface area contributed by atoms with Crippen LogP contribution in [0.4, 0.5) is 22.0 Å². The van der Waals surface area contributed by atoms with E-state index in [0.717, 1.165) is 48.0 Å². The third kappa shape index (κ3) is 3.61. The number of rotatable bonds is 6. The first-order valence-corrected chi connectivity index (χ1v) is 9.99. The smallest absolute Gasteiger partial charge is 0.226 e. The Kier molecular flexibility index (Phi) is 4.84. The molecule has 0 aliphatic carbocycles. The monoisotopic (exact) mass is 406 g/mol. The zero-order valence-electron chi connectivity index (χ0n) is 16.7. The number of nitrogens with zero attached hydrogens (tertiary/aromatic N) is 3. The molecule has 1 aromatic heterocycles. The van der Waals surface area contributed by atoms with Crippen molar-refractivity contribution < 1.29 is 9.13 Å². The lowest BCUT2D eigenvalue weighted by Gasteiger charge is -2.32. The summed E-state index contributed by atoms with van der Waals surface area (Å²) in [6, 6.07) is 14.8. The lowest BCUT2D eigenvalue weighted by molar-refractivity contribution is 0.414. The van der Waals surface area contributed by atoms with Gasteiger partial charge in [0.25, 0.3) is 0 Å². The minimum absolute atomic E-state index is 0.208. The molecule has 0 fully saturated rings. The molecule has 0 bridgehead atoms. The zero-order valence-corrected chi connectivity index (χ0v) is 16.7. The second-order valence-electron chi connectivity index (χ2n) is 7.50. The highest BCUT2D eigenvalue weighted by atomic mass is 19.1. The fraction of sp³-hybridized carbons (Fsp3) is 0.273. The molecule has 30 heavy (non-hydrogen) atoms. The van der Waals surface area contributed by atoms with E-state index in [1.54, 1.807) is 13.2 Å². The quantitative estimate of drug-likeness (QED) is 0.577. The third-order valence-corrected chi connectivity index (χ3v) is 5.50. The van der Waals surface area contributed by atoms with Gasteiger partial charge in [-0.3, -0.25) is 0 Å². The molecule has 1 unspecified atom stereocenters. The van der Waals surface area contributed by atoms with Crippen molar-refractivity contribution >= 4 is 17.6 Å². The van der Waals surface area contributed by atoms with Gasteiger partial charge in [0.1, 0.15) is 17.4 Å². The van der Waals surface area contributed by atoms with Gasteiger partial charge in [-0.15, -0.1) is 0 Å². The summed E-state index contributed by atoms with van der Waals surface area (Å²) in [5.74, 6) is 2.83. The summed E-state index contributed by atoms with van der Waals surface area (Å²) in [7, 11) is 1.67. The van der Waals surface area contributed by atoms with Crippen LogP contribution >= 0.6 is 0 Å². The van der Waals surface area contributed by atoms with Crippen LogP contribution in [-0.2, 0) is 13.1 Å². The summed E-state index contributed by atoms with van der Waals surface area (Å²) in [6.45, 7) is 2.09. The van der Waals surface area contributed by atoms with Crippen LogP contribution in [0.5, 0.6) is 5.75 Å². The second-order valence-corrected chi connectivity index (χ2v) is 7.50. The molecule has 154 valence electrons.